The fourth-order valence-electron chi connectivity index (χ4n) is 3.45. The minimum Gasteiger partial charge on any atom is -0.491 e. The lowest BCUT2D eigenvalue weighted by Gasteiger charge is -2.29. The number of benzene rings is 1. The second-order valence-electron chi connectivity index (χ2n) is 7.08. The van der Waals surface area contributed by atoms with Gasteiger partial charge in [-0.15, -0.1) is 0 Å². The van der Waals surface area contributed by atoms with E-state index in [0.717, 1.165) is 5.56 Å². The van der Waals surface area contributed by atoms with Gasteiger partial charge in [0.05, 0.1) is 11.8 Å². The number of halogens is 2. The van der Waals surface area contributed by atoms with E-state index in [1.807, 2.05) is 36.2 Å². The summed E-state index contributed by atoms with van der Waals surface area (Å²) in [5.74, 6) is 0.962. The summed E-state index contributed by atoms with van der Waals surface area (Å²) in [6.07, 6.45) is 1.83. The third-order valence-electron chi connectivity index (χ3n) is 4.65. The van der Waals surface area contributed by atoms with Crippen LogP contribution >= 0.6 is 0 Å². The summed E-state index contributed by atoms with van der Waals surface area (Å²) in [6.45, 7) is 1.90. The van der Waals surface area contributed by atoms with E-state index in [2.05, 4.69) is 9.88 Å². The maximum absolute atomic E-state index is 13.0. The van der Waals surface area contributed by atoms with Gasteiger partial charge in [0, 0.05) is 26.2 Å². The molecule has 0 bridgehead atoms. The van der Waals surface area contributed by atoms with Crippen molar-refractivity contribution in [2.24, 2.45) is 0 Å². The predicted octanol–water partition coefficient (Wildman–Crippen LogP) is 2.64. The molecular formula is C20H25F2N3O2. The Morgan fingerprint density at radius 2 is 2.04 bits per heavy atom. The van der Waals surface area contributed by atoms with Crippen LogP contribution in [0, 0.1) is 5.82 Å². The average Bonchev–Trinajstić information content (AvgIpc) is 3.03. The topological polar surface area (TPSA) is 48.8 Å². The smallest absolute Gasteiger partial charge is 0.141 e. The van der Waals surface area contributed by atoms with Crippen LogP contribution in [0.4, 0.5) is 14.6 Å². The molecule has 2 aromatic rings. The molecular weight excluding hydrogens is 352 g/mol. The fraction of sp³-hybridized carbons (Fsp3) is 0.450. The van der Waals surface area contributed by atoms with Gasteiger partial charge < -0.3 is 14.7 Å². The summed E-state index contributed by atoms with van der Waals surface area (Å²) in [7, 11) is 1.96. The molecule has 2 heterocycles. The minimum atomic E-state index is -0.838. The number of anilines is 1. The largest absolute Gasteiger partial charge is 0.491 e. The van der Waals surface area contributed by atoms with E-state index in [4.69, 9.17) is 4.74 Å². The second kappa shape index (κ2) is 8.63. The summed E-state index contributed by atoms with van der Waals surface area (Å²) < 4.78 is 30.4. The number of nitrogens with zero attached hydrogens (tertiary/aromatic N) is 3. The molecule has 1 aliphatic heterocycles. The third kappa shape index (κ3) is 5.37. The van der Waals surface area contributed by atoms with E-state index in [9.17, 15) is 13.9 Å². The number of pyridine rings is 1. The molecule has 5 nitrogen and oxygen atoms in total. The summed E-state index contributed by atoms with van der Waals surface area (Å²) in [6, 6.07) is 10.6. The van der Waals surface area contributed by atoms with Gasteiger partial charge >= 0.3 is 0 Å². The molecule has 0 aliphatic carbocycles. The van der Waals surface area contributed by atoms with Gasteiger partial charge in [0.15, 0.2) is 0 Å². The van der Waals surface area contributed by atoms with E-state index in [0.29, 0.717) is 44.2 Å². The van der Waals surface area contributed by atoms with Crippen molar-refractivity contribution < 1.29 is 18.6 Å². The molecule has 1 aromatic heterocycles. The molecule has 1 N–H and O–H groups in total. The molecule has 0 spiro atoms. The summed E-state index contributed by atoms with van der Waals surface area (Å²) in [4.78, 5) is 8.14. The Morgan fingerprint density at radius 1 is 1.26 bits per heavy atom. The molecule has 27 heavy (non-hydrogen) atoms. The van der Waals surface area contributed by atoms with E-state index >= 15 is 0 Å². The quantitative estimate of drug-likeness (QED) is 0.767. The van der Waals surface area contributed by atoms with Crippen LogP contribution in [-0.2, 0) is 6.54 Å². The highest BCUT2D eigenvalue weighted by Gasteiger charge is 2.37. The fourth-order valence-corrected chi connectivity index (χ4v) is 3.45. The van der Waals surface area contributed by atoms with Crippen LogP contribution in [0.25, 0.3) is 0 Å². The van der Waals surface area contributed by atoms with Crippen molar-refractivity contribution in [1.82, 2.24) is 9.88 Å². The monoisotopic (exact) mass is 377 g/mol. The number of likely N-dealkylation sites (N-methyl/N-ethyl adjacent to an activating group) is 1. The molecule has 1 aliphatic rings. The van der Waals surface area contributed by atoms with Gasteiger partial charge in [-0.05, 0) is 43.3 Å². The maximum atomic E-state index is 13.0. The van der Waals surface area contributed by atoms with E-state index in [1.165, 1.54) is 12.3 Å². The second-order valence-corrected chi connectivity index (χ2v) is 7.08. The number of hydrogen-bond acceptors (Lipinski definition) is 5. The third-order valence-corrected chi connectivity index (χ3v) is 4.65. The van der Waals surface area contributed by atoms with Crippen molar-refractivity contribution in [3.05, 3.63) is 54.0 Å². The van der Waals surface area contributed by atoms with Gasteiger partial charge in [-0.1, -0.05) is 12.1 Å². The zero-order valence-corrected chi connectivity index (χ0v) is 15.4. The van der Waals surface area contributed by atoms with Crippen LogP contribution in [0.5, 0.6) is 5.75 Å². The highest BCUT2D eigenvalue weighted by molar-refractivity contribution is 5.40. The van der Waals surface area contributed by atoms with Crippen molar-refractivity contribution in [1.29, 1.82) is 0 Å². The lowest BCUT2D eigenvalue weighted by Crippen LogP contribution is -2.43. The Balaban J connectivity index is 1.52. The van der Waals surface area contributed by atoms with E-state index in [1.54, 1.807) is 6.07 Å². The van der Waals surface area contributed by atoms with Crippen molar-refractivity contribution >= 4 is 5.82 Å². The van der Waals surface area contributed by atoms with E-state index < -0.39 is 12.3 Å². The zero-order chi connectivity index (χ0) is 19.3. The first kappa shape index (κ1) is 19.5. The molecule has 0 saturated carbocycles. The van der Waals surface area contributed by atoms with Crippen LogP contribution in [-0.4, -0.2) is 60.6 Å². The standard InChI is InChI=1S/C20H25F2N3O2/c1-24(13-16-2-5-18(6-3-16)27-11-9-21)14-20(26)8-10-25(15-20)19-7-4-17(22)12-23-19/h2-7,12,26H,8-11,13-15H2,1H3/t20-/m1/s1. The number of ether oxygens (including phenoxy) is 1. The molecule has 7 heteroatoms. The first-order chi connectivity index (χ1) is 13.0. The Labute approximate surface area is 158 Å². The van der Waals surface area contributed by atoms with Crippen LogP contribution in [0.2, 0.25) is 0 Å². The van der Waals surface area contributed by atoms with Gasteiger partial charge in [0.1, 0.15) is 30.7 Å². The Kier molecular flexibility index (Phi) is 6.23. The number of alkyl halides is 1. The minimum absolute atomic E-state index is 0.0612. The summed E-state index contributed by atoms with van der Waals surface area (Å²) in [5.41, 5.74) is 0.249. The highest BCUT2D eigenvalue weighted by Crippen LogP contribution is 2.26. The average molecular weight is 377 g/mol. The van der Waals surface area contributed by atoms with Crippen LogP contribution in [0.1, 0.15) is 12.0 Å². The predicted molar refractivity (Wildman–Crippen MR) is 100 cm³/mol. The number of rotatable bonds is 8. The van der Waals surface area contributed by atoms with Crippen molar-refractivity contribution in [3.63, 3.8) is 0 Å². The summed E-state index contributed by atoms with van der Waals surface area (Å²) in [5, 5.41) is 10.9. The zero-order valence-electron chi connectivity index (χ0n) is 15.4. The lowest BCUT2D eigenvalue weighted by molar-refractivity contribution is 0.0279. The van der Waals surface area contributed by atoms with Gasteiger partial charge in [0.25, 0.3) is 0 Å². The van der Waals surface area contributed by atoms with Crippen LogP contribution in [0.15, 0.2) is 42.6 Å². The Hall–Kier alpha value is -2.25. The Morgan fingerprint density at radius 3 is 2.70 bits per heavy atom. The van der Waals surface area contributed by atoms with E-state index in [-0.39, 0.29) is 12.4 Å². The number of β-amino-alcohol motifs (C(OH)–C–C–N with tert-alkyl or cyclic N) is 1. The molecule has 3 rings (SSSR count). The molecule has 0 unspecified atom stereocenters. The van der Waals surface area contributed by atoms with Gasteiger partial charge in [-0.25, -0.2) is 13.8 Å². The van der Waals surface area contributed by atoms with Crippen LogP contribution in [0.3, 0.4) is 0 Å². The first-order valence-electron chi connectivity index (χ1n) is 9.03. The summed E-state index contributed by atoms with van der Waals surface area (Å²) >= 11 is 0. The number of hydrogen-bond donors (Lipinski definition) is 1. The molecule has 146 valence electrons. The Bertz CT molecular complexity index is 727. The highest BCUT2D eigenvalue weighted by atomic mass is 19.1. The van der Waals surface area contributed by atoms with Crippen LogP contribution < -0.4 is 9.64 Å². The van der Waals surface area contributed by atoms with Gasteiger partial charge in [-0.3, -0.25) is 4.90 Å². The number of aliphatic hydroxyl groups is 1. The molecule has 0 radical (unpaired) electrons. The lowest BCUT2D eigenvalue weighted by atomic mass is 10.0. The molecule has 0 amide bonds. The SMILES string of the molecule is CN(Cc1ccc(OCCF)cc1)C[C@]1(O)CCN(c2ccc(F)cn2)C1. The molecule has 1 aromatic carbocycles. The molecule has 1 fully saturated rings. The molecule has 1 saturated heterocycles. The maximum Gasteiger partial charge on any atom is 0.141 e. The van der Waals surface area contributed by atoms with Gasteiger partial charge in [0.2, 0.25) is 0 Å². The number of aromatic nitrogens is 1. The van der Waals surface area contributed by atoms with Crippen molar-refractivity contribution in [2.75, 3.05) is 44.9 Å². The normalized spacial score (nSPS) is 19.7. The first-order valence-corrected chi connectivity index (χ1v) is 9.03. The molecule has 1 atom stereocenters. The van der Waals surface area contributed by atoms with Crippen molar-refractivity contribution in [2.45, 2.75) is 18.6 Å². The van der Waals surface area contributed by atoms with Gasteiger partial charge in [-0.2, -0.15) is 0 Å². The van der Waals surface area contributed by atoms with Crippen molar-refractivity contribution in [3.8, 4) is 5.75 Å².